The number of hydrogen-bond acceptors (Lipinski definition) is 2. The maximum absolute atomic E-state index is 13.1. The Labute approximate surface area is 107 Å². The van der Waals surface area contributed by atoms with E-state index < -0.39 is 29.5 Å². The minimum atomic E-state index is -4.70. The third kappa shape index (κ3) is 4.51. The number of carbonyl (C=O) groups excluding carboxylic acids is 1. The van der Waals surface area contributed by atoms with E-state index in [4.69, 9.17) is 4.74 Å². The third-order valence-electron chi connectivity index (χ3n) is 2.28. The van der Waals surface area contributed by atoms with Crippen LogP contribution in [-0.4, -0.2) is 25.7 Å². The van der Waals surface area contributed by atoms with Gasteiger partial charge in [0.15, 0.2) is 0 Å². The first kappa shape index (κ1) is 15.4. The van der Waals surface area contributed by atoms with Crippen LogP contribution in [0.15, 0.2) is 18.2 Å². The number of alkyl halides is 3. The molecule has 0 spiro atoms. The monoisotopic (exact) mass is 279 g/mol. The second-order valence-electron chi connectivity index (χ2n) is 4.06. The van der Waals surface area contributed by atoms with Crippen molar-refractivity contribution < 1.29 is 27.1 Å². The molecular weight excluding hydrogens is 266 g/mol. The molecule has 0 fully saturated rings. The SMILES string of the molecule is COCC(C)NC(=O)c1cc(F)cc(C(F)(F)F)c1. The molecular formula is C12H13F4NO2. The molecule has 0 aliphatic carbocycles. The number of hydrogen-bond donors (Lipinski definition) is 1. The molecule has 0 aromatic heterocycles. The number of benzene rings is 1. The number of nitrogens with one attached hydrogen (secondary N) is 1. The van der Waals surface area contributed by atoms with Gasteiger partial charge in [-0.2, -0.15) is 13.2 Å². The Morgan fingerprint density at radius 3 is 2.53 bits per heavy atom. The van der Waals surface area contributed by atoms with Gasteiger partial charge >= 0.3 is 6.18 Å². The number of halogens is 4. The average molecular weight is 279 g/mol. The highest BCUT2D eigenvalue weighted by atomic mass is 19.4. The van der Waals surface area contributed by atoms with Crippen LogP contribution in [-0.2, 0) is 10.9 Å². The zero-order valence-electron chi connectivity index (χ0n) is 10.3. The first-order chi connectivity index (χ1) is 8.74. The van der Waals surface area contributed by atoms with E-state index in [-0.39, 0.29) is 12.2 Å². The topological polar surface area (TPSA) is 38.3 Å². The first-order valence-electron chi connectivity index (χ1n) is 5.41. The van der Waals surface area contributed by atoms with E-state index in [0.717, 1.165) is 6.07 Å². The van der Waals surface area contributed by atoms with Crippen LogP contribution in [0.5, 0.6) is 0 Å². The lowest BCUT2D eigenvalue weighted by atomic mass is 10.1. The van der Waals surface area contributed by atoms with Crippen molar-refractivity contribution in [2.45, 2.75) is 19.1 Å². The summed E-state index contributed by atoms with van der Waals surface area (Å²) < 4.78 is 55.3. The van der Waals surface area contributed by atoms with Crippen LogP contribution in [0, 0.1) is 5.82 Å². The molecule has 1 rings (SSSR count). The van der Waals surface area contributed by atoms with E-state index in [1.807, 2.05) is 0 Å². The molecule has 1 amide bonds. The van der Waals surface area contributed by atoms with E-state index in [1.54, 1.807) is 6.92 Å². The Morgan fingerprint density at radius 1 is 1.37 bits per heavy atom. The molecule has 7 heteroatoms. The van der Waals surface area contributed by atoms with Crippen LogP contribution >= 0.6 is 0 Å². The Morgan fingerprint density at radius 2 is 2.00 bits per heavy atom. The van der Waals surface area contributed by atoms with Crippen molar-refractivity contribution in [1.29, 1.82) is 0 Å². The summed E-state index contributed by atoms with van der Waals surface area (Å²) in [7, 11) is 1.42. The van der Waals surface area contributed by atoms with Gasteiger partial charge in [-0.3, -0.25) is 4.79 Å². The predicted molar refractivity (Wildman–Crippen MR) is 60.2 cm³/mol. The lowest BCUT2D eigenvalue weighted by Gasteiger charge is -2.14. The summed E-state index contributed by atoms with van der Waals surface area (Å²) in [4.78, 5) is 11.7. The number of amides is 1. The van der Waals surface area contributed by atoms with Crippen LogP contribution < -0.4 is 5.32 Å². The smallest absolute Gasteiger partial charge is 0.383 e. The first-order valence-corrected chi connectivity index (χ1v) is 5.41. The minimum Gasteiger partial charge on any atom is -0.383 e. The average Bonchev–Trinajstić information content (AvgIpc) is 2.27. The Bertz CT molecular complexity index is 460. The highest BCUT2D eigenvalue weighted by Crippen LogP contribution is 2.30. The molecule has 1 N–H and O–H groups in total. The molecule has 0 radical (unpaired) electrons. The van der Waals surface area contributed by atoms with Crippen LogP contribution in [0.2, 0.25) is 0 Å². The van der Waals surface area contributed by atoms with Crippen LogP contribution in [0.3, 0.4) is 0 Å². The van der Waals surface area contributed by atoms with Crippen molar-refractivity contribution in [2.75, 3.05) is 13.7 Å². The fourth-order valence-corrected chi connectivity index (χ4v) is 1.48. The highest BCUT2D eigenvalue weighted by molar-refractivity contribution is 5.94. The predicted octanol–water partition coefficient (Wildman–Crippen LogP) is 2.61. The van der Waals surface area contributed by atoms with Crippen molar-refractivity contribution in [3.8, 4) is 0 Å². The van der Waals surface area contributed by atoms with Crippen molar-refractivity contribution >= 4 is 5.91 Å². The van der Waals surface area contributed by atoms with E-state index >= 15 is 0 Å². The summed E-state index contributed by atoms with van der Waals surface area (Å²) in [6, 6.07) is 1.31. The second-order valence-corrected chi connectivity index (χ2v) is 4.06. The fourth-order valence-electron chi connectivity index (χ4n) is 1.48. The van der Waals surface area contributed by atoms with Crippen molar-refractivity contribution in [3.05, 3.63) is 35.1 Å². The lowest BCUT2D eigenvalue weighted by molar-refractivity contribution is -0.137. The van der Waals surface area contributed by atoms with E-state index in [9.17, 15) is 22.4 Å². The number of carbonyl (C=O) groups is 1. The van der Waals surface area contributed by atoms with Gasteiger partial charge in [0, 0.05) is 18.7 Å². The largest absolute Gasteiger partial charge is 0.416 e. The molecule has 0 aliphatic heterocycles. The van der Waals surface area contributed by atoms with E-state index in [2.05, 4.69) is 5.32 Å². The molecule has 106 valence electrons. The molecule has 1 atom stereocenters. The molecule has 0 saturated carbocycles. The zero-order chi connectivity index (χ0) is 14.6. The zero-order valence-corrected chi connectivity index (χ0v) is 10.3. The number of ether oxygens (including phenoxy) is 1. The Hall–Kier alpha value is -1.63. The molecule has 0 aliphatic rings. The van der Waals surface area contributed by atoms with Gasteiger partial charge in [0.1, 0.15) is 5.82 Å². The normalized spacial score (nSPS) is 13.2. The maximum atomic E-state index is 13.1. The van der Waals surface area contributed by atoms with Crippen LogP contribution in [0.25, 0.3) is 0 Å². The summed E-state index contributed by atoms with van der Waals surface area (Å²) in [5, 5.41) is 2.41. The van der Waals surface area contributed by atoms with Crippen molar-refractivity contribution in [3.63, 3.8) is 0 Å². The molecule has 1 aromatic rings. The highest BCUT2D eigenvalue weighted by Gasteiger charge is 2.32. The van der Waals surface area contributed by atoms with Gasteiger partial charge in [0.25, 0.3) is 5.91 Å². The van der Waals surface area contributed by atoms with Crippen molar-refractivity contribution in [2.24, 2.45) is 0 Å². The number of methoxy groups -OCH3 is 1. The summed E-state index contributed by atoms with van der Waals surface area (Å²) in [6.45, 7) is 1.82. The molecule has 1 unspecified atom stereocenters. The summed E-state index contributed by atoms with van der Waals surface area (Å²) in [6.07, 6.45) is -4.70. The van der Waals surface area contributed by atoms with Gasteiger partial charge < -0.3 is 10.1 Å². The van der Waals surface area contributed by atoms with Gasteiger partial charge in [-0.25, -0.2) is 4.39 Å². The van der Waals surface area contributed by atoms with Crippen molar-refractivity contribution in [1.82, 2.24) is 5.32 Å². The minimum absolute atomic E-state index is 0.202. The molecule has 3 nitrogen and oxygen atoms in total. The fraction of sp³-hybridized carbons (Fsp3) is 0.417. The standard InChI is InChI=1S/C12H13F4NO2/c1-7(6-19-2)17-11(18)8-3-9(12(14,15)16)5-10(13)4-8/h3-5,7H,6H2,1-2H3,(H,17,18). The van der Waals surface area contributed by atoms with E-state index in [1.165, 1.54) is 7.11 Å². The number of rotatable bonds is 4. The van der Waals surface area contributed by atoms with Gasteiger partial charge in [-0.05, 0) is 25.1 Å². The summed E-state index contributed by atoms with van der Waals surface area (Å²) >= 11 is 0. The molecule has 1 aromatic carbocycles. The van der Waals surface area contributed by atoms with Gasteiger partial charge in [-0.1, -0.05) is 0 Å². The molecule has 0 heterocycles. The third-order valence-corrected chi connectivity index (χ3v) is 2.28. The lowest BCUT2D eigenvalue weighted by Crippen LogP contribution is -2.35. The van der Waals surface area contributed by atoms with Gasteiger partial charge in [0.2, 0.25) is 0 Å². The summed E-state index contributed by atoms with van der Waals surface area (Å²) in [5.41, 5.74) is -1.58. The Kier molecular flexibility index (Phi) is 4.88. The molecule has 19 heavy (non-hydrogen) atoms. The molecule has 0 saturated heterocycles. The Balaban J connectivity index is 2.95. The maximum Gasteiger partial charge on any atom is 0.416 e. The van der Waals surface area contributed by atoms with E-state index in [0.29, 0.717) is 12.1 Å². The van der Waals surface area contributed by atoms with Crippen LogP contribution in [0.1, 0.15) is 22.8 Å². The second kappa shape index (κ2) is 6.01. The molecule has 0 bridgehead atoms. The quantitative estimate of drug-likeness (QED) is 0.860. The summed E-state index contributed by atoms with van der Waals surface area (Å²) in [5.74, 6) is -1.89. The van der Waals surface area contributed by atoms with Crippen LogP contribution in [0.4, 0.5) is 17.6 Å². The van der Waals surface area contributed by atoms with Gasteiger partial charge in [0.05, 0.1) is 12.2 Å². The van der Waals surface area contributed by atoms with Gasteiger partial charge in [-0.15, -0.1) is 0 Å².